The molecule has 62 valence electrons. The summed E-state index contributed by atoms with van der Waals surface area (Å²) in [5, 5.41) is 0. The van der Waals surface area contributed by atoms with E-state index < -0.39 is 6.86 Å². The van der Waals surface area contributed by atoms with Crippen molar-refractivity contribution >= 4 is 15.9 Å². The molecule has 1 aromatic rings. The van der Waals surface area contributed by atoms with Gasteiger partial charge in [0, 0.05) is 21.5 Å². The zero-order valence-electron chi connectivity index (χ0n) is 6.18. The Morgan fingerprint density at radius 3 is 3.00 bits per heavy atom. The average Bonchev–Trinajstić information content (AvgIpc) is 2.06. The van der Waals surface area contributed by atoms with E-state index in [1.165, 1.54) is 0 Å². The molecule has 0 amide bonds. The van der Waals surface area contributed by atoms with E-state index in [-0.39, 0.29) is 0 Å². The van der Waals surface area contributed by atoms with E-state index >= 15 is 0 Å². The average molecular weight is 229 g/mol. The summed E-state index contributed by atoms with van der Waals surface area (Å²) in [7, 11) is 0. The van der Waals surface area contributed by atoms with Gasteiger partial charge in [-0.05, 0) is 23.0 Å². The third-order valence-electron chi connectivity index (χ3n) is 1.25. The Labute approximate surface area is 78.7 Å². The molecule has 0 aromatic heterocycles. The maximum atomic E-state index is 11.7. The van der Waals surface area contributed by atoms with Crippen molar-refractivity contribution in [1.29, 1.82) is 0 Å². The lowest BCUT2D eigenvalue weighted by molar-refractivity contribution is 0.192. The molecular formula is C9H6BrFO. The number of hydrogen-bond acceptors (Lipinski definition) is 1. The first-order valence-electron chi connectivity index (χ1n) is 3.27. The molecule has 12 heavy (non-hydrogen) atoms. The van der Waals surface area contributed by atoms with Gasteiger partial charge in [-0.2, -0.15) is 0 Å². The summed E-state index contributed by atoms with van der Waals surface area (Å²) < 4.78 is 16.4. The largest absolute Gasteiger partial charge is 0.463 e. The van der Waals surface area contributed by atoms with Crippen LogP contribution in [0.1, 0.15) is 5.56 Å². The van der Waals surface area contributed by atoms with Crippen LogP contribution in [0.25, 0.3) is 0 Å². The van der Waals surface area contributed by atoms with Gasteiger partial charge in [-0.15, -0.1) is 0 Å². The minimum Gasteiger partial charge on any atom is -0.463 e. The van der Waals surface area contributed by atoms with Gasteiger partial charge in [0.05, 0.1) is 0 Å². The molecule has 0 spiro atoms. The van der Waals surface area contributed by atoms with Crippen LogP contribution in [0, 0.1) is 10.8 Å². The minimum absolute atomic E-state index is 0.491. The first-order valence-corrected chi connectivity index (χ1v) is 4.06. The molecule has 0 saturated carbocycles. The van der Waals surface area contributed by atoms with Crippen molar-refractivity contribution < 1.29 is 9.13 Å². The number of ether oxygens (including phenoxy) is 1. The Bertz CT molecular complexity index is 314. The highest BCUT2D eigenvalue weighted by Crippen LogP contribution is 2.12. The maximum Gasteiger partial charge on any atom is 0.228 e. The monoisotopic (exact) mass is 228 g/mol. The molecule has 0 aliphatic carbocycles. The topological polar surface area (TPSA) is 9.23 Å². The number of hydrogen-bond donors (Lipinski definition) is 0. The predicted molar refractivity (Wildman–Crippen MR) is 48.9 cm³/mol. The molecule has 0 heterocycles. The normalized spacial score (nSPS) is 8.50. The molecule has 1 rings (SSSR count). The zero-order valence-corrected chi connectivity index (χ0v) is 7.77. The van der Waals surface area contributed by atoms with Crippen molar-refractivity contribution in [3.05, 3.63) is 29.8 Å². The molecule has 0 aliphatic rings. The van der Waals surface area contributed by atoms with Gasteiger partial charge in [-0.3, -0.25) is 0 Å². The summed E-state index contributed by atoms with van der Waals surface area (Å²) in [6.07, 6.45) is 0. The Morgan fingerprint density at radius 2 is 2.33 bits per heavy atom. The summed E-state index contributed by atoms with van der Waals surface area (Å²) in [5.41, 5.74) is 0.790. The standard InChI is InChI=1S/C9H6BrFO/c10-5-4-8-2-1-3-9(6-8)12-7-11/h1-3,6H,7H2. The quantitative estimate of drug-likeness (QED) is 0.708. The maximum absolute atomic E-state index is 11.7. The summed E-state index contributed by atoms with van der Waals surface area (Å²) in [5.74, 6) is 3.26. The Morgan fingerprint density at radius 1 is 1.50 bits per heavy atom. The fourth-order valence-corrected chi connectivity index (χ4v) is 1.01. The van der Waals surface area contributed by atoms with E-state index in [2.05, 4.69) is 31.4 Å². The van der Waals surface area contributed by atoms with Gasteiger partial charge in [0.25, 0.3) is 0 Å². The number of alkyl halides is 1. The third kappa shape index (κ3) is 2.55. The molecule has 1 aromatic carbocycles. The fraction of sp³-hybridized carbons (Fsp3) is 0.111. The molecule has 0 bridgehead atoms. The second kappa shape index (κ2) is 4.78. The van der Waals surface area contributed by atoms with Crippen LogP contribution < -0.4 is 4.74 Å². The summed E-state index contributed by atoms with van der Waals surface area (Å²) in [6.45, 7) is -0.814. The van der Waals surface area contributed by atoms with Crippen LogP contribution in [-0.4, -0.2) is 6.86 Å². The van der Waals surface area contributed by atoms with E-state index in [1.807, 2.05) is 6.07 Å². The third-order valence-corrected chi connectivity index (χ3v) is 1.45. The lowest BCUT2D eigenvalue weighted by Crippen LogP contribution is -1.89. The Balaban J connectivity index is 2.85. The van der Waals surface area contributed by atoms with Crippen LogP contribution in [-0.2, 0) is 0 Å². The molecule has 0 unspecified atom stereocenters. The SMILES string of the molecule is FCOc1cccc(C#CBr)c1. The highest BCUT2D eigenvalue weighted by molar-refractivity contribution is 9.12. The van der Waals surface area contributed by atoms with Crippen LogP contribution in [0.15, 0.2) is 24.3 Å². The molecule has 1 nitrogen and oxygen atoms in total. The zero-order chi connectivity index (χ0) is 8.81. The first-order chi connectivity index (χ1) is 5.86. The lowest BCUT2D eigenvalue weighted by Gasteiger charge is -1.99. The number of halogens is 2. The first kappa shape index (κ1) is 9.08. The predicted octanol–water partition coefficient (Wildman–Crippen LogP) is 2.70. The van der Waals surface area contributed by atoms with Crippen LogP contribution in [0.2, 0.25) is 0 Å². The molecule has 0 aliphatic heterocycles. The summed E-state index contributed by atoms with van der Waals surface area (Å²) >= 11 is 2.97. The molecule has 0 atom stereocenters. The van der Waals surface area contributed by atoms with E-state index in [1.54, 1.807) is 18.2 Å². The number of rotatable bonds is 2. The minimum atomic E-state index is -0.814. The van der Waals surface area contributed by atoms with Gasteiger partial charge < -0.3 is 4.74 Å². The highest BCUT2D eigenvalue weighted by Gasteiger charge is 1.92. The molecule has 0 fully saturated rings. The van der Waals surface area contributed by atoms with Gasteiger partial charge in [0.2, 0.25) is 6.86 Å². The van der Waals surface area contributed by atoms with Gasteiger partial charge >= 0.3 is 0 Å². The summed E-state index contributed by atoms with van der Waals surface area (Å²) in [4.78, 5) is 2.57. The smallest absolute Gasteiger partial charge is 0.228 e. The van der Waals surface area contributed by atoms with Crippen LogP contribution in [0.4, 0.5) is 4.39 Å². The van der Waals surface area contributed by atoms with Gasteiger partial charge in [-0.25, -0.2) is 4.39 Å². The van der Waals surface area contributed by atoms with Crippen LogP contribution in [0.3, 0.4) is 0 Å². The van der Waals surface area contributed by atoms with Crippen molar-refractivity contribution in [3.63, 3.8) is 0 Å². The van der Waals surface area contributed by atoms with E-state index in [0.717, 1.165) is 5.56 Å². The van der Waals surface area contributed by atoms with Crippen molar-refractivity contribution in [3.8, 4) is 16.5 Å². The van der Waals surface area contributed by atoms with Crippen molar-refractivity contribution in [2.24, 2.45) is 0 Å². The van der Waals surface area contributed by atoms with E-state index in [0.29, 0.717) is 5.75 Å². The van der Waals surface area contributed by atoms with Gasteiger partial charge in [-0.1, -0.05) is 12.0 Å². The van der Waals surface area contributed by atoms with E-state index in [4.69, 9.17) is 0 Å². The fourth-order valence-electron chi connectivity index (χ4n) is 0.781. The Hall–Kier alpha value is -1.01. The van der Waals surface area contributed by atoms with Crippen molar-refractivity contribution in [2.75, 3.05) is 6.86 Å². The second-order valence-corrected chi connectivity index (χ2v) is 2.40. The second-order valence-electron chi connectivity index (χ2n) is 2.00. The van der Waals surface area contributed by atoms with Crippen LogP contribution in [0.5, 0.6) is 5.75 Å². The lowest BCUT2D eigenvalue weighted by atomic mass is 10.2. The highest BCUT2D eigenvalue weighted by atomic mass is 79.9. The van der Waals surface area contributed by atoms with E-state index in [9.17, 15) is 4.39 Å². The molecule has 3 heteroatoms. The van der Waals surface area contributed by atoms with Gasteiger partial charge in [0.15, 0.2) is 0 Å². The number of benzene rings is 1. The molecule has 0 N–H and O–H groups in total. The van der Waals surface area contributed by atoms with Crippen molar-refractivity contribution in [2.45, 2.75) is 0 Å². The Kier molecular flexibility index (Phi) is 3.62. The summed E-state index contributed by atoms with van der Waals surface area (Å²) in [6, 6.07) is 6.93. The van der Waals surface area contributed by atoms with Crippen LogP contribution >= 0.6 is 15.9 Å². The van der Waals surface area contributed by atoms with Crippen molar-refractivity contribution in [1.82, 2.24) is 0 Å². The van der Waals surface area contributed by atoms with Gasteiger partial charge in [0.1, 0.15) is 5.75 Å². The molecule has 0 saturated heterocycles. The molecular weight excluding hydrogens is 223 g/mol. The molecule has 0 radical (unpaired) electrons.